The zero-order valence-corrected chi connectivity index (χ0v) is 9.68. The van der Waals surface area contributed by atoms with Gasteiger partial charge in [-0.15, -0.1) is 0 Å². The van der Waals surface area contributed by atoms with E-state index >= 15 is 0 Å². The number of para-hydroxylation sites is 1. The number of hydrogen-bond acceptors (Lipinski definition) is 3. The van der Waals surface area contributed by atoms with E-state index < -0.39 is 7.82 Å². The molecule has 0 saturated heterocycles. The van der Waals surface area contributed by atoms with Crippen molar-refractivity contribution < 1.29 is 18.5 Å². The van der Waals surface area contributed by atoms with Crippen molar-refractivity contribution in [3.05, 3.63) is 30.3 Å². The van der Waals surface area contributed by atoms with Crippen LogP contribution in [0, 0.1) is 0 Å². The molecular formula is C10H15O4P. The molecule has 0 spiro atoms. The molecule has 0 aliphatic rings. The Kier molecular flexibility index (Phi) is 4.33. The zero-order valence-electron chi connectivity index (χ0n) is 8.79. The summed E-state index contributed by atoms with van der Waals surface area (Å²) in [7, 11) is -3.99. The van der Waals surface area contributed by atoms with Crippen LogP contribution >= 0.6 is 7.82 Å². The first-order valence-electron chi connectivity index (χ1n) is 4.79. The second kappa shape index (κ2) is 5.31. The van der Waals surface area contributed by atoms with Gasteiger partial charge < -0.3 is 4.52 Å². The largest absolute Gasteiger partial charge is 0.527 e. The molecule has 15 heavy (non-hydrogen) atoms. The summed E-state index contributed by atoms with van der Waals surface area (Å²) < 4.78 is 21.2. The van der Waals surface area contributed by atoms with Crippen LogP contribution in [0.1, 0.15) is 20.3 Å². The predicted molar refractivity (Wildman–Crippen MR) is 57.7 cm³/mol. The average molecular weight is 230 g/mol. The van der Waals surface area contributed by atoms with Crippen LogP contribution in [-0.2, 0) is 9.09 Å². The molecule has 5 heteroatoms. The van der Waals surface area contributed by atoms with Crippen LogP contribution in [0.3, 0.4) is 0 Å². The number of hydrogen-bond donors (Lipinski definition) is 1. The number of phosphoric acid groups is 1. The summed E-state index contributed by atoms with van der Waals surface area (Å²) in [5, 5.41) is 0. The quantitative estimate of drug-likeness (QED) is 0.790. The van der Waals surface area contributed by atoms with Gasteiger partial charge in [0.25, 0.3) is 0 Å². The molecule has 2 unspecified atom stereocenters. The van der Waals surface area contributed by atoms with Crippen molar-refractivity contribution in [2.75, 3.05) is 0 Å². The van der Waals surface area contributed by atoms with E-state index in [0.717, 1.165) is 0 Å². The second-order valence-corrected chi connectivity index (χ2v) is 4.53. The average Bonchev–Trinajstić information content (AvgIpc) is 2.17. The number of rotatable bonds is 5. The Bertz CT molecular complexity index is 339. The minimum absolute atomic E-state index is 0.301. The third kappa shape index (κ3) is 4.47. The zero-order chi connectivity index (χ0) is 11.3. The van der Waals surface area contributed by atoms with Crippen molar-refractivity contribution in [3.8, 4) is 5.75 Å². The van der Waals surface area contributed by atoms with E-state index in [0.29, 0.717) is 12.2 Å². The summed E-state index contributed by atoms with van der Waals surface area (Å²) in [4.78, 5) is 9.38. The first kappa shape index (κ1) is 12.2. The molecule has 1 N–H and O–H groups in total. The summed E-state index contributed by atoms with van der Waals surface area (Å²) in [6, 6.07) is 8.44. The van der Waals surface area contributed by atoms with E-state index in [4.69, 9.17) is 9.05 Å². The van der Waals surface area contributed by atoms with Gasteiger partial charge in [0.15, 0.2) is 0 Å². The van der Waals surface area contributed by atoms with Crippen LogP contribution in [0.15, 0.2) is 30.3 Å². The SMILES string of the molecule is CCC(C)OP(=O)(O)Oc1ccccc1. The van der Waals surface area contributed by atoms with Gasteiger partial charge in [0.05, 0.1) is 6.10 Å². The molecule has 0 saturated carbocycles. The molecule has 1 rings (SSSR count). The molecule has 2 atom stereocenters. The third-order valence-corrected chi connectivity index (χ3v) is 2.92. The molecule has 0 aliphatic carbocycles. The van der Waals surface area contributed by atoms with Gasteiger partial charge in [0.2, 0.25) is 0 Å². The van der Waals surface area contributed by atoms with Crippen molar-refractivity contribution >= 4 is 7.82 Å². The maximum absolute atomic E-state index is 11.5. The van der Waals surface area contributed by atoms with Crippen molar-refractivity contribution in [1.82, 2.24) is 0 Å². The molecule has 1 aromatic carbocycles. The molecule has 84 valence electrons. The topological polar surface area (TPSA) is 55.8 Å². The Morgan fingerprint density at radius 3 is 2.53 bits per heavy atom. The maximum atomic E-state index is 11.5. The Morgan fingerprint density at radius 2 is 2.00 bits per heavy atom. The van der Waals surface area contributed by atoms with Crippen LogP contribution in [0.5, 0.6) is 5.75 Å². The van der Waals surface area contributed by atoms with Crippen LogP contribution in [0.4, 0.5) is 0 Å². The van der Waals surface area contributed by atoms with Gasteiger partial charge in [-0.3, -0.25) is 9.42 Å². The van der Waals surface area contributed by atoms with E-state index in [1.165, 1.54) is 0 Å². The smallest absolute Gasteiger partial charge is 0.404 e. The second-order valence-electron chi connectivity index (χ2n) is 3.20. The van der Waals surface area contributed by atoms with Crippen LogP contribution in [-0.4, -0.2) is 11.0 Å². The summed E-state index contributed by atoms with van der Waals surface area (Å²) in [6.45, 7) is 3.59. The predicted octanol–water partition coefficient (Wildman–Crippen LogP) is 2.98. The van der Waals surface area contributed by atoms with E-state index in [-0.39, 0.29) is 6.10 Å². The van der Waals surface area contributed by atoms with Crippen molar-refractivity contribution in [1.29, 1.82) is 0 Å². The highest BCUT2D eigenvalue weighted by Gasteiger charge is 2.25. The molecular weight excluding hydrogens is 215 g/mol. The third-order valence-electron chi connectivity index (χ3n) is 1.85. The van der Waals surface area contributed by atoms with Crippen molar-refractivity contribution in [2.24, 2.45) is 0 Å². The molecule has 0 heterocycles. The van der Waals surface area contributed by atoms with Crippen LogP contribution < -0.4 is 4.52 Å². The summed E-state index contributed by atoms with van der Waals surface area (Å²) >= 11 is 0. The van der Waals surface area contributed by atoms with Crippen molar-refractivity contribution in [2.45, 2.75) is 26.4 Å². The highest BCUT2D eigenvalue weighted by Crippen LogP contribution is 2.45. The fraction of sp³-hybridized carbons (Fsp3) is 0.400. The van der Waals surface area contributed by atoms with Crippen LogP contribution in [0.2, 0.25) is 0 Å². The van der Waals surface area contributed by atoms with Gasteiger partial charge in [-0.1, -0.05) is 25.1 Å². The summed E-state index contributed by atoms with van der Waals surface area (Å²) in [5.41, 5.74) is 0. The molecule has 0 bridgehead atoms. The molecule has 0 fully saturated rings. The van der Waals surface area contributed by atoms with Gasteiger partial charge in [0.1, 0.15) is 5.75 Å². The molecule has 4 nitrogen and oxygen atoms in total. The molecule has 0 aromatic heterocycles. The van der Waals surface area contributed by atoms with E-state index in [2.05, 4.69) is 0 Å². The lowest BCUT2D eigenvalue weighted by molar-refractivity contribution is 0.147. The minimum atomic E-state index is -3.99. The number of phosphoric ester groups is 1. The number of benzene rings is 1. The van der Waals surface area contributed by atoms with Gasteiger partial charge in [-0.05, 0) is 25.5 Å². The highest BCUT2D eigenvalue weighted by atomic mass is 31.2. The fourth-order valence-electron chi connectivity index (χ4n) is 0.938. The maximum Gasteiger partial charge on any atom is 0.527 e. The van der Waals surface area contributed by atoms with Crippen molar-refractivity contribution in [3.63, 3.8) is 0 Å². The van der Waals surface area contributed by atoms with Gasteiger partial charge >= 0.3 is 7.82 Å². The molecule has 0 aliphatic heterocycles. The van der Waals surface area contributed by atoms with Crippen LogP contribution in [0.25, 0.3) is 0 Å². The monoisotopic (exact) mass is 230 g/mol. The Labute approximate surface area is 89.5 Å². The first-order valence-corrected chi connectivity index (χ1v) is 6.29. The van der Waals surface area contributed by atoms with E-state index in [1.807, 2.05) is 6.92 Å². The lowest BCUT2D eigenvalue weighted by Gasteiger charge is -2.16. The van der Waals surface area contributed by atoms with Gasteiger partial charge in [-0.25, -0.2) is 4.57 Å². The standard InChI is InChI=1S/C10H15O4P/c1-3-9(2)13-15(11,12)14-10-7-5-4-6-8-10/h4-9H,3H2,1-2H3,(H,11,12). The molecule has 0 amide bonds. The minimum Gasteiger partial charge on any atom is -0.404 e. The lowest BCUT2D eigenvalue weighted by atomic mass is 10.3. The first-order chi connectivity index (χ1) is 7.03. The summed E-state index contributed by atoms with van der Waals surface area (Å²) in [5.74, 6) is 0.326. The fourth-order valence-corrected chi connectivity index (χ4v) is 1.97. The van der Waals surface area contributed by atoms with E-state index in [1.54, 1.807) is 37.3 Å². The molecule has 0 radical (unpaired) electrons. The van der Waals surface area contributed by atoms with E-state index in [9.17, 15) is 9.46 Å². The van der Waals surface area contributed by atoms with Gasteiger partial charge in [0, 0.05) is 0 Å². The Morgan fingerprint density at radius 1 is 1.40 bits per heavy atom. The highest BCUT2D eigenvalue weighted by molar-refractivity contribution is 7.47. The van der Waals surface area contributed by atoms with Gasteiger partial charge in [-0.2, -0.15) is 0 Å². The normalized spacial score (nSPS) is 16.7. The molecule has 1 aromatic rings. The Balaban J connectivity index is 2.61. The Hall–Kier alpha value is -0.830. The lowest BCUT2D eigenvalue weighted by Crippen LogP contribution is -2.07. The summed E-state index contributed by atoms with van der Waals surface area (Å²) in [6.07, 6.45) is 0.354.